The summed E-state index contributed by atoms with van der Waals surface area (Å²) in [6.07, 6.45) is 0. The van der Waals surface area contributed by atoms with Crippen LogP contribution < -0.4 is 4.90 Å². The highest BCUT2D eigenvalue weighted by atomic mass is 15.1. The molecule has 0 atom stereocenters. The van der Waals surface area contributed by atoms with E-state index in [0.29, 0.717) is 0 Å². The van der Waals surface area contributed by atoms with Gasteiger partial charge in [0, 0.05) is 33.5 Å². The molecule has 0 saturated heterocycles. The number of hydrogen-bond donors (Lipinski definition) is 0. The van der Waals surface area contributed by atoms with Gasteiger partial charge in [-0.2, -0.15) is 0 Å². The second kappa shape index (κ2) is 13.4. The fraction of sp³-hybridized carbons (Fsp3) is 0.0182. The summed E-state index contributed by atoms with van der Waals surface area (Å²) in [6.45, 7) is 0. The molecule has 0 radical (unpaired) electrons. The molecule has 0 spiro atoms. The molecule has 1 aliphatic rings. The van der Waals surface area contributed by atoms with Gasteiger partial charge in [0.25, 0.3) is 0 Å². The number of hydrogen-bond acceptors (Lipinski definition) is 1. The second-order valence-corrected chi connectivity index (χ2v) is 14.9. The molecule has 0 amide bonds. The van der Waals surface area contributed by atoms with Gasteiger partial charge in [-0.15, -0.1) is 0 Å². The van der Waals surface area contributed by atoms with Crippen molar-refractivity contribution < 1.29 is 0 Å². The van der Waals surface area contributed by atoms with Crippen LogP contribution in [-0.2, 0) is 5.41 Å². The smallest absolute Gasteiger partial charge is 0.0714 e. The van der Waals surface area contributed by atoms with Gasteiger partial charge < -0.3 is 9.47 Å². The van der Waals surface area contributed by atoms with Gasteiger partial charge in [0.15, 0.2) is 0 Å². The maximum Gasteiger partial charge on any atom is 0.0714 e. The molecule has 2 heteroatoms. The highest BCUT2D eigenvalue weighted by Gasteiger charge is 2.46. The first-order valence-corrected chi connectivity index (χ1v) is 19.7. The predicted molar refractivity (Wildman–Crippen MR) is 238 cm³/mol. The van der Waals surface area contributed by atoms with Crippen molar-refractivity contribution in [2.75, 3.05) is 4.90 Å². The summed E-state index contributed by atoms with van der Waals surface area (Å²) in [4.78, 5) is 2.43. The Labute approximate surface area is 333 Å². The number of para-hydroxylation sites is 2. The largest absolute Gasteiger partial charge is 0.310 e. The molecule has 1 heterocycles. The molecule has 268 valence electrons. The molecule has 0 fully saturated rings. The van der Waals surface area contributed by atoms with Crippen LogP contribution in [0.3, 0.4) is 0 Å². The van der Waals surface area contributed by atoms with E-state index in [4.69, 9.17) is 0 Å². The zero-order valence-corrected chi connectivity index (χ0v) is 31.3. The van der Waals surface area contributed by atoms with Crippen molar-refractivity contribution in [2.24, 2.45) is 0 Å². The number of aromatic nitrogens is 1. The van der Waals surface area contributed by atoms with E-state index in [0.717, 1.165) is 28.3 Å². The summed E-state index contributed by atoms with van der Waals surface area (Å²) in [5.74, 6) is 0. The Morgan fingerprint density at radius 3 is 1.60 bits per heavy atom. The summed E-state index contributed by atoms with van der Waals surface area (Å²) < 4.78 is 2.43. The molecule has 0 aliphatic heterocycles. The number of nitrogens with zero attached hydrogens (tertiary/aromatic N) is 2. The Balaban J connectivity index is 1.18. The lowest BCUT2D eigenvalue weighted by Crippen LogP contribution is -2.28. The molecular formula is C55H38N2. The Bertz CT molecular complexity index is 3000. The molecule has 0 saturated carbocycles. The molecule has 57 heavy (non-hydrogen) atoms. The van der Waals surface area contributed by atoms with Gasteiger partial charge in [-0.05, 0) is 99.1 Å². The number of rotatable bonds is 7. The van der Waals surface area contributed by atoms with E-state index in [-0.39, 0.29) is 0 Å². The van der Waals surface area contributed by atoms with Crippen molar-refractivity contribution >= 4 is 38.9 Å². The quantitative estimate of drug-likeness (QED) is 0.159. The Morgan fingerprint density at radius 2 is 0.895 bits per heavy atom. The molecule has 11 rings (SSSR count). The van der Waals surface area contributed by atoms with Crippen LogP contribution in [-0.4, -0.2) is 4.57 Å². The molecule has 9 aromatic carbocycles. The lowest BCUT2D eigenvalue weighted by molar-refractivity contribution is 0.768. The number of anilines is 3. The van der Waals surface area contributed by atoms with E-state index in [9.17, 15) is 0 Å². The van der Waals surface area contributed by atoms with E-state index in [1.165, 1.54) is 60.8 Å². The van der Waals surface area contributed by atoms with Gasteiger partial charge in [-0.1, -0.05) is 176 Å². The normalized spacial score (nSPS) is 12.7. The summed E-state index contributed by atoms with van der Waals surface area (Å²) >= 11 is 0. The zero-order valence-electron chi connectivity index (χ0n) is 31.3. The van der Waals surface area contributed by atoms with Crippen LogP contribution in [0.15, 0.2) is 231 Å². The van der Waals surface area contributed by atoms with Crippen molar-refractivity contribution in [3.63, 3.8) is 0 Å². The monoisotopic (exact) mass is 726 g/mol. The third-order valence-electron chi connectivity index (χ3n) is 11.8. The summed E-state index contributed by atoms with van der Waals surface area (Å²) in [5.41, 5.74) is 16.4. The fourth-order valence-electron chi connectivity index (χ4n) is 9.50. The summed E-state index contributed by atoms with van der Waals surface area (Å²) in [5, 5.41) is 2.48. The van der Waals surface area contributed by atoms with Crippen molar-refractivity contribution in [3.05, 3.63) is 253 Å². The van der Waals surface area contributed by atoms with Gasteiger partial charge in [-0.25, -0.2) is 0 Å². The van der Waals surface area contributed by atoms with Crippen LogP contribution >= 0.6 is 0 Å². The first-order valence-electron chi connectivity index (χ1n) is 19.7. The molecular weight excluding hydrogens is 689 g/mol. The van der Waals surface area contributed by atoms with E-state index in [1.807, 2.05) is 0 Å². The highest BCUT2D eigenvalue weighted by Crippen LogP contribution is 2.57. The topological polar surface area (TPSA) is 8.17 Å². The van der Waals surface area contributed by atoms with Crippen molar-refractivity contribution in [3.8, 4) is 27.9 Å². The highest BCUT2D eigenvalue weighted by molar-refractivity contribution is 6.16. The lowest BCUT2D eigenvalue weighted by Gasteiger charge is -2.35. The molecule has 0 unspecified atom stereocenters. The third kappa shape index (κ3) is 5.11. The van der Waals surface area contributed by atoms with E-state index in [2.05, 4.69) is 240 Å². The standard InChI is InChI=1S/C55H38N2/c1-6-19-39(20-7-1)46-30-18-32-52-54(46)49-36-34-45(38-53(49)57(52)43-27-14-5-15-28-43)56(42-25-12-4-13-26-42)44-33-35-48-47-29-16-17-31-50(47)55(51(48)37-44,40-21-8-2-9-22-40)41-23-10-3-11-24-41/h1-38H. The van der Waals surface area contributed by atoms with Crippen molar-refractivity contribution in [1.82, 2.24) is 4.57 Å². The maximum absolute atomic E-state index is 2.45. The average Bonchev–Trinajstić information content (AvgIpc) is 3.78. The maximum atomic E-state index is 2.45. The summed E-state index contributed by atoms with van der Waals surface area (Å²) in [7, 11) is 0. The van der Waals surface area contributed by atoms with E-state index < -0.39 is 5.41 Å². The summed E-state index contributed by atoms with van der Waals surface area (Å²) in [6, 6.07) is 84.2. The van der Waals surface area contributed by atoms with Gasteiger partial charge in [0.1, 0.15) is 0 Å². The van der Waals surface area contributed by atoms with Crippen LogP contribution in [0.25, 0.3) is 49.7 Å². The van der Waals surface area contributed by atoms with Gasteiger partial charge in [0.2, 0.25) is 0 Å². The average molecular weight is 727 g/mol. The minimum atomic E-state index is -0.496. The number of benzene rings is 9. The predicted octanol–water partition coefficient (Wildman–Crippen LogP) is 14.3. The van der Waals surface area contributed by atoms with Gasteiger partial charge >= 0.3 is 0 Å². The van der Waals surface area contributed by atoms with Crippen LogP contribution in [0.5, 0.6) is 0 Å². The molecule has 2 nitrogen and oxygen atoms in total. The van der Waals surface area contributed by atoms with Crippen molar-refractivity contribution in [1.29, 1.82) is 0 Å². The molecule has 1 aromatic heterocycles. The van der Waals surface area contributed by atoms with E-state index >= 15 is 0 Å². The minimum absolute atomic E-state index is 0.496. The number of fused-ring (bicyclic) bond motifs is 6. The molecule has 10 aromatic rings. The Morgan fingerprint density at radius 1 is 0.351 bits per heavy atom. The molecule has 1 aliphatic carbocycles. The van der Waals surface area contributed by atoms with Gasteiger partial charge in [0.05, 0.1) is 16.4 Å². The third-order valence-corrected chi connectivity index (χ3v) is 11.8. The van der Waals surface area contributed by atoms with Crippen LogP contribution in [0.4, 0.5) is 17.1 Å². The van der Waals surface area contributed by atoms with Gasteiger partial charge in [-0.3, -0.25) is 0 Å². The Kier molecular flexibility index (Phi) is 7.75. The molecule has 0 N–H and O–H groups in total. The zero-order chi connectivity index (χ0) is 37.8. The molecule has 0 bridgehead atoms. The SMILES string of the molecule is c1ccc(-c2cccc3c2c2ccc(N(c4ccccc4)c4ccc5c(c4)C(c4ccccc4)(c4ccccc4)c4ccccc4-5)cc2n3-c2ccccc2)cc1. The van der Waals surface area contributed by atoms with Crippen LogP contribution in [0.2, 0.25) is 0 Å². The first kappa shape index (κ1) is 33.0. The van der Waals surface area contributed by atoms with Crippen molar-refractivity contribution in [2.45, 2.75) is 5.41 Å². The van der Waals surface area contributed by atoms with Crippen LogP contribution in [0.1, 0.15) is 22.3 Å². The first-order chi connectivity index (χ1) is 28.3. The lowest BCUT2D eigenvalue weighted by atomic mass is 9.67. The second-order valence-electron chi connectivity index (χ2n) is 14.9. The van der Waals surface area contributed by atoms with Crippen LogP contribution in [0, 0.1) is 0 Å². The Hall–Kier alpha value is -7.42. The fourth-order valence-corrected chi connectivity index (χ4v) is 9.50. The minimum Gasteiger partial charge on any atom is -0.310 e. The van der Waals surface area contributed by atoms with E-state index in [1.54, 1.807) is 0 Å².